The fourth-order valence-electron chi connectivity index (χ4n) is 1.72. The molecule has 90 valence electrons. The Labute approximate surface area is 112 Å². The summed E-state index contributed by atoms with van der Waals surface area (Å²) < 4.78 is 0. The summed E-state index contributed by atoms with van der Waals surface area (Å²) in [7, 11) is 0. The maximum absolute atomic E-state index is 9.16. The molecule has 1 aromatic carbocycles. The van der Waals surface area contributed by atoms with Crippen molar-refractivity contribution in [1.82, 2.24) is 4.98 Å². The lowest BCUT2D eigenvalue weighted by Gasteiger charge is -2.09. The standard InChI is InChI=1S/C15H14N2S/c1-2-10-18-15-13(8-9-17-14(15)11-16)12-6-4-3-5-7-12/h3-9H,2,10H2,1H3. The molecular weight excluding hydrogens is 240 g/mol. The molecule has 0 atom stereocenters. The molecule has 0 N–H and O–H groups in total. The minimum Gasteiger partial charge on any atom is -0.244 e. The van der Waals surface area contributed by atoms with E-state index in [0.717, 1.165) is 28.2 Å². The molecule has 0 saturated heterocycles. The summed E-state index contributed by atoms with van der Waals surface area (Å²) in [5, 5.41) is 9.16. The molecule has 1 aromatic heterocycles. The zero-order chi connectivity index (χ0) is 12.8. The van der Waals surface area contributed by atoms with Crippen LogP contribution in [0.5, 0.6) is 0 Å². The second-order valence-electron chi connectivity index (χ2n) is 3.86. The number of benzene rings is 1. The number of thioether (sulfide) groups is 1. The molecule has 2 nitrogen and oxygen atoms in total. The van der Waals surface area contributed by atoms with E-state index in [9.17, 15) is 0 Å². The van der Waals surface area contributed by atoms with E-state index in [1.807, 2.05) is 24.3 Å². The molecule has 2 rings (SSSR count). The van der Waals surface area contributed by atoms with Crippen LogP contribution in [0.4, 0.5) is 0 Å². The van der Waals surface area contributed by atoms with Crippen LogP contribution in [0.3, 0.4) is 0 Å². The van der Waals surface area contributed by atoms with Gasteiger partial charge in [0.2, 0.25) is 0 Å². The van der Waals surface area contributed by atoms with Crippen molar-refractivity contribution in [3.63, 3.8) is 0 Å². The molecule has 0 amide bonds. The van der Waals surface area contributed by atoms with Gasteiger partial charge in [-0.2, -0.15) is 5.26 Å². The number of aromatic nitrogens is 1. The lowest BCUT2D eigenvalue weighted by atomic mass is 10.1. The molecule has 1 heterocycles. The van der Waals surface area contributed by atoms with Gasteiger partial charge < -0.3 is 0 Å². The Morgan fingerprint density at radius 3 is 2.67 bits per heavy atom. The summed E-state index contributed by atoms with van der Waals surface area (Å²) in [6.45, 7) is 2.14. The number of pyridine rings is 1. The normalized spacial score (nSPS) is 10.0. The van der Waals surface area contributed by atoms with Crippen LogP contribution < -0.4 is 0 Å². The predicted molar refractivity (Wildman–Crippen MR) is 75.4 cm³/mol. The minimum atomic E-state index is 0.523. The second kappa shape index (κ2) is 6.23. The van der Waals surface area contributed by atoms with Gasteiger partial charge in [-0.25, -0.2) is 4.98 Å². The van der Waals surface area contributed by atoms with Gasteiger partial charge in [0.15, 0.2) is 5.69 Å². The van der Waals surface area contributed by atoms with Crippen molar-refractivity contribution in [3.05, 3.63) is 48.3 Å². The SMILES string of the molecule is CCCSc1c(-c2ccccc2)ccnc1C#N. The number of rotatable bonds is 4. The van der Waals surface area contributed by atoms with Crippen LogP contribution in [0.25, 0.3) is 11.1 Å². The summed E-state index contributed by atoms with van der Waals surface area (Å²) in [4.78, 5) is 5.15. The first kappa shape index (κ1) is 12.7. The summed E-state index contributed by atoms with van der Waals surface area (Å²) in [5.41, 5.74) is 2.76. The molecule has 18 heavy (non-hydrogen) atoms. The zero-order valence-corrected chi connectivity index (χ0v) is 11.1. The summed E-state index contributed by atoms with van der Waals surface area (Å²) in [6.07, 6.45) is 2.79. The van der Waals surface area contributed by atoms with Crippen LogP contribution in [0.2, 0.25) is 0 Å². The lowest BCUT2D eigenvalue weighted by Crippen LogP contribution is -1.92. The topological polar surface area (TPSA) is 36.7 Å². The Morgan fingerprint density at radius 1 is 1.22 bits per heavy atom. The van der Waals surface area contributed by atoms with Crippen LogP contribution in [0.15, 0.2) is 47.5 Å². The van der Waals surface area contributed by atoms with Crippen molar-refractivity contribution >= 4 is 11.8 Å². The molecule has 0 aliphatic rings. The third kappa shape index (κ3) is 2.72. The highest BCUT2D eigenvalue weighted by Gasteiger charge is 2.11. The quantitative estimate of drug-likeness (QED) is 0.770. The average Bonchev–Trinajstić information content (AvgIpc) is 2.45. The van der Waals surface area contributed by atoms with Crippen molar-refractivity contribution in [1.29, 1.82) is 5.26 Å². The molecule has 0 saturated carbocycles. The van der Waals surface area contributed by atoms with Crippen molar-refractivity contribution in [3.8, 4) is 17.2 Å². The maximum atomic E-state index is 9.16. The van der Waals surface area contributed by atoms with Gasteiger partial charge in [0.05, 0.1) is 4.90 Å². The van der Waals surface area contributed by atoms with Crippen LogP contribution in [0.1, 0.15) is 19.0 Å². The molecule has 2 aromatic rings. The molecule has 0 spiro atoms. The fourth-order valence-corrected chi connectivity index (χ4v) is 2.71. The van der Waals surface area contributed by atoms with Gasteiger partial charge in [-0.15, -0.1) is 11.8 Å². The van der Waals surface area contributed by atoms with Crippen LogP contribution in [-0.2, 0) is 0 Å². The Balaban J connectivity index is 2.50. The van der Waals surface area contributed by atoms with Gasteiger partial charge in [0.1, 0.15) is 6.07 Å². The number of hydrogen-bond donors (Lipinski definition) is 0. The second-order valence-corrected chi connectivity index (χ2v) is 4.97. The van der Waals surface area contributed by atoms with E-state index in [-0.39, 0.29) is 0 Å². The lowest BCUT2D eigenvalue weighted by molar-refractivity contribution is 1.10. The number of nitrogens with zero attached hydrogens (tertiary/aromatic N) is 2. The number of nitriles is 1. The third-order valence-corrected chi connectivity index (χ3v) is 3.86. The van der Waals surface area contributed by atoms with E-state index < -0.39 is 0 Å². The Hall–Kier alpha value is -1.79. The van der Waals surface area contributed by atoms with Gasteiger partial charge in [-0.3, -0.25) is 0 Å². The van der Waals surface area contributed by atoms with Gasteiger partial charge in [0.25, 0.3) is 0 Å². The van der Waals surface area contributed by atoms with E-state index in [0.29, 0.717) is 5.69 Å². The number of hydrogen-bond acceptors (Lipinski definition) is 3. The Morgan fingerprint density at radius 2 is 2.00 bits per heavy atom. The summed E-state index contributed by atoms with van der Waals surface area (Å²) >= 11 is 1.71. The van der Waals surface area contributed by atoms with Gasteiger partial charge in [-0.05, 0) is 29.4 Å². The fraction of sp³-hybridized carbons (Fsp3) is 0.200. The first-order valence-electron chi connectivity index (χ1n) is 5.94. The van der Waals surface area contributed by atoms with Crippen molar-refractivity contribution in [2.45, 2.75) is 18.2 Å². The minimum absolute atomic E-state index is 0.523. The molecule has 0 unspecified atom stereocenters. The highest BCUT2D eigenvalue weighted by Crippen LogP contribution is 2.33. The predicted octanol–water partition coefficient (Wildman–Crippen LogP) is 4.12. The Bertz CT molecular complexity index is 558. The maximum Gasteiger partial charge on any atom is 0.154 e. The molecule has 3 heteroatoms. The highest BCUT2D eigenvalue weighted by atomic mass is 32.2. The van der Waals surface area contributed by atoms with Crippen molar-refractivity contribution < 1.29 is 0 Å². The average molecular weight is 254 g/mol. The highest BCUT2D eigenvalue weighted by molar-refractivity contribution is 7.99. The van der Waals surface area contributed by atoms with Crippen LogP contribution in [0, 0.1) is 11.3 Å². The smallest absolute Gasteiger partial charge is 0.154 e. The zero-order valence-electron chi connectivity index (χ0n) is 10.3. The van der Waals surface area contributed by atoms with E-state index in [1.165, 1.54) is 0 Å². The molecular formula is C15H14N2S. The van der Waals surface area contributed by atoms with Crippen molar-refractivity contribution in [2.24, 2.45) is 0 Å². The van der Waals surface area contributed by atoms with Gasteiger partial charge in [0, 0.05) is 6.20 Å². The summed E-state index contributed by atoms with van der Waals surface area (Å²) in [5.74, 6) is 1.00. The van der Waals surface area contributed by atoms with E-state index in [1.54, 1.807) is 18.0 Å². The molecule has 0 bridgehead atoms. The summed E-state index contributed by atoms with van der Waals surface area (Å²) in [6, 6.07) is 14.3. The molecule has 0 fully saturated rings. The van der Waals surface area contributed by atoms with E-state index >= 15 is 0 Å². The van der Waals surface area contributed by atoms with Crippen LogP contribution in [-0.4, -0.2) is 10.7 Å². The first-order chi connectivity index (χ1) is 8.86. The first-order valence-corrected chi connectivity index (χ1v) is 6.92. The molecule has 0 aliphatic carbocycles. The molecule has 0 radical (unpaired) electrons. The van der Waals surface area contributed by atoms with E-state index in [2.05, 4.69) is 30.1 Å². The largest absolute Gasteiger partial charge is 0.244 e. The van der Waals surface area contributed by atoms with E-state index in [4.69, 9.17) is 5.26 Å². The monoisotopic (exact) mass is 254 g/mol. The third-order valence-electron chi connectivity index (χ3n) is 2.55. The van der Waals surface area contributed by atoms with Crippen LogP contribution >= 0.6 is 11.8 Å². The Kier molecular flexibility index (Phi) is 4.38. The van der Waals surface area contributed by atoms with Crippen molar-refractivity contribution in [2.75, 3.05) is 5.75 Å². The van der Waals surface area contributed by atoms with Gasteiger partial charge in [-0.1, -0.05) is 37.3 Å². The molecule has 0 aliphatic heterocycles. The van der Waals surface area contributed by atoms with Gasteiger partial charge >= 0.3 is 0 Å².